The minimum Gasteiger partial charge on any atom is -0.491 e. The first-order chi connectivity index (χ1) is 9.27. The highest BCUT2D eigenvalue weighted by molar-refractivity contribution is 5.94. The van der Waals surface area contributed by atoms with Crippen LogP contribution in [0, 0.1) is 6.92 Å². The predicted molar refractivity (Wildman–Crippen MR) is 73.8 cm³/mol. The maximum atomic E-state index is 8.88. The van der Waals surface area contributed by atoms with Crippen LogP contribution in [-0.2, 0) is 0 Å². The lowest BCUT2D eigenvalue weighted by molar-refractivity contribution is 0.199. The van der Waals surface area contributed by atoms with Gasteiger partial charge in [-0.1, -0.05) is 24.3 Å². The zero-order valence-electron chi connectivity index (χ0n) is 10.9. The first-order valence-electron chi connectivity index (χ1n) is 6.27. The first kappa shape index (κ1) is 13.6. The molecule has 4 heteroatoms. The second-order valence-electron chi connectivity index (χ2n) is 4.21. The minimum absolute atomic E-state index is 0.0173. The van der Waals surface area contributed by atoms with Gasteiger partial charge in [-0.15, -0.1) is 0 Å². The van der Waals surface area contributed by atoms with Crippen molar-refractivity contribution in [2.24, 2.45) is 0 Å². The zero-order chi connectivity index (χ0) is 13.7. The maximum absolute atomic E-state index is 8.88. The van der Waals surface area contributed by atoms with Crippen LogP contribution in [0.5, 0.6) is 11.5 Å². The van der Waals surface area contributed by atoms with Gasteiger partial charge in [0.1, 0.15) is 24.7 Å². The van der Waals surface area contributed by atoms with E-state index in [2.05, 4.69) is 0 Å². The minimum atomic E-state index is -0.0177. The molecule has 0 aromatic heterocycles. The van der Waals surface area contributed by atoms with E-state index in [1.54, 1.807) is 0 Å². The van der Waals surface area contributed by atoms with Crippen LogP contribution in [0.1, 0.15) is 5.56 Å². The molecule has 0 atom stereocenters. The van der Waals surface area contributed by atoms with Crippen LogP contribution in [0.2, 0.25) is 0 Å². The molecule has 19 heavy (non-hydrogen) atoms. The summed E-state index contributed by atoms with van der Waals surface area (Å²) in [6, 6.07) is 9.67. The molecule has 0 heterocycles. The molecule has 0 spiro atoms. The Hall–Kier alpha value is -1.78. The number of hydrogen-bond donors (Lipinski definition) is 2. The molecule has 0 aliphatic carbocycles. The average molecular weight is 262 g/mol. The molecule has 0 saturated carbocycles. The van der Waals surface area contributed by atoms with Gasteiger partial charge in [0.2, 0.25) is 0 Å². The van der Waals surface area contributed by atoms with Gasteiger partial charge in [0, 0.05) is 10.8 Å². The fourth-order valence-corrected chi connectivity index (χ4v) is 2.06. The third-order valence-corrected chi connectivity index (χ3v) is 2.83. The van der Waals surface area contributed by atoms with Crippen LogP contribution in [0.4, 0.5) is 0 Å². The molecule has 102 valence electrons. The second kappa shape index (κ2) is 6.41. The lowest BCUT2D eigenvalue weighted by atomic mass is 10.0. The van der Waals surface area contributed by atoms with Crippen LogP contribution in [-0.4, -0.2) is 36.6 Å². The third-order valence-electron chi connectivity index (χ3n) is 2.83. The van der Waals surface area contributed by atoms with Gasteiger partial charge < -0.3 is 19.7 Å². The summed E-state index contributed by atoms with van der Waals surface area (Å²) in [5, 5.41) is 19.6. The number of aryl methyl sites for hydroxylation is 1. The summed E-state index contributed by atoms with van der Waals surface area (Å²) in [6.07, 6.45) is 0. The Kier molecular flexibility index (Phi) is 4.60. The smallest absolute Gasteiger partial charge is 0.130 e. The van der Waals surface area contributed by atoms with Gasteiger partial charge in [-0.3, -0.25) is 0 Å². The summed E-state index contributed by atoms with van der Waals surface area (Å²) in [5.74, 6) is 1.50. The topological polar surface area (TPSA) is 58.9 Å². The molecule has 0 aliphatic rings. The second-order valence-corrected chi connectivity index (χ2v) is 4.21. The van der Waals surface area contributed by atoms with Crippen LogP contribution >= 0.6 is 0 Å². The van der Waals surface area contributed by atoms with E-state index in [1.165, 1.54) is 0 Å². The Labute approximate surface area is 112 Å². The first-order valence-corrected chi connectivity index (χ1v) is 6.27. The molecule has 2 aromatic carbocycles. The van der Waals surface area contributed by atoms with Gasteiger partial charge in [-0.25, -0.2) is 0 Å². The van der Waals surface area contributed by atoms with Crippen molar-refractivity contribution in [3.8, 4) is 11.5 Å². The van der Waals surface area contributed by atoms with E-state index in [1.807, 2.05) is 37.3 Å². The van der Waals surface area contributed by atoms with E-state index in [-0.39, 0.29) is 26.4 Å². The molecular formula is C15H18O4. The number of hydrogen-bond acceptors (Lipinski definition) is 4. The van der Waals surface area contributed by atoms with Crippen molar-refractivity contribution in [1.29, 1.82) is 0 Å². The summed E-state index contributed by atoms with van der Waals surface area (Å²) >= 11 is 0. The largest absolute Gasteiger partial charge is 0.491 e. The molecule has 0 unspecified atom stereocenters. The maximum Gasteiger partial charge on any atom is 0.130 e. The fraction of sp³-hybridized carbons (Fsp3) is 0.333. The van der Waals surface area contributed by atoms with Crippen molar-refractivity contribution in [3.05, 3.63) is 35.9 Å². The van der Waals surface area contributed by atoms with E-state index >= 15 is 0 Å². The summed E-state index contributed by atoms with van der Waals surface area (Å²) in [4.78, 5) is 0. The molecule has 0 fully saturated rings. The molecule has 0 amide bonds. The number of ether oxygens (including phenoxy) is 2. The average Bonchev–Trinajstić information content (AvgIpc) is 2.44. The number of benzene rings is 2. The van der Waals surface area contributed by atoms with E-state index in [4.69, 9.17) is 19.7 Å². The molecule has 4 nitrogen and oxygen atoms in total. The van der Waals surface area contributed by atoms with E-state index in [0.717, 1.165) is 27.8 Å². The Morgan fingerprint density at radius 1 is 0.947 bits per heavy atom. The van der Waals surface area contributed by atoms with Crippen LogP contribution in [0.3, 0.4) is 0 Å². The highest BCUT2D eigenvalue weighted by Gasteiger charge is 2.11. The summed E-state index contributed by atoms with van der Waals surface area (Å²) in [7, 11) is 0. The molecular weight excluding hydrogens is 244 g/mol. The Morgan fingerprint density at radius 3 is 2.26 bits per heavy atom. The molecule has 0 saturated heterocycles. The van der Waals surface area contributed by atoms with Crippen molar-refractivity contribution in [3.63, 3.8) is 0 Å². The van der Waals surface area contributed by atoms with Crippen LogP contribution < -0.4 is 9.47 Å². The van der Waals surface area contributed by atoms with E-state index < -0.39 is 0 Å². The van der Waals surface area contributed by atoms with Crippen molar-refractivity contribution < 1.29 is 19.7 Å². The van der Waals surface area contributed by atoms with Gasteiger partial charge in [-0.05, 0) is 18.6 Å². The molecule has 2 N–H and O–H groups in total. The van der Waals surface area contributed by atoms with Crippen molar-refractivity contribution >= 4 is 10.8 Å². The lowest BCUT2D eigenvalue weighted by Gasteiger charge is -2.15. The number of fused-ring (bicyclic) bond motifs is 1. The Bertz CT molecular complexity index is 551. The molecule has 2 aromatic rings. The normalized spacial score (nSPS) is 10.7. The van der Waals surface area contributed by atoms with Crippen molar-refractivity contribution in [2.75, 3.05) is 26.4 Å². The Morgan fingerprint density at radius 2 is 1.58 bits per heavy atom. The lowest BCUT2D eigenvalue weighted by Crippen LogP contribution is -2.05. The summed E-state index contributed by atoms with van der Waals surface area (Å²) in [5.41, 5.74) is 0.945. The van der Waals surface area contributed by atoms with Crippen LogP contribution in [0.25, 0.3) is 10.8 Å². The summed E-state index contributed by atoms with van der Waals surface area (Å²) < 4.78 is 11.2. The predicted octanol–water partition coefficient (Wildman–Crippen LogP) is 1.89. The molecule has 0 bridgehead atoms. The van der Waals surface area contributed by atoms with Gasteiger partial charge >= 0.3 is 0 Å². The molecule has 0 aliphatic heterocycles. The Balaban J connectivity index is 2.49. The quantitative estimate of drug-likeness (QED) is 0.834. The molecule has 0 radical (unpaired) electrons. The number of aliphatic hydroxyl groups excluding tert-OH is 2. The highest BCUT2D eigenvalue weighted by atomic mass is 16.5. The number of aliphatic hydroxyl groups is 2. The third kappa shape index (κ3) is 2.97. The standard InChI is InChI=1S/C15H18O4/c1-11-10-14(18-8-6-16)12-4-2-3-5-13(12)15(11)19-9-7-17/h2-5,10,16-17H,6-9H2,1H3. The van der Waals surface area contributed by atoms with Crippen molar-refractivity contribution in [1.82, 2.24) is 0 Å². The number of rotatable bonds is 6. The van der Waals surface area contributed by atoms with E-state index in [0.29, 0.717) is 0 Å². The van der Waals surface area contributed by atoms with E-state index in [9.17, 15) is 0 Å². The fourth-order valence-electron chi connectivity index (χ4n) is 2.06. The van der Waals surface area contributed by atoms with Gasteiger partial charge in [0.25, 0.3) is 0 Å². The highest BCUT2D eigenvalue weighted by Crippen LogP contribution is 2.36. The monoisotopic (exact) mass is 262 g/mol. The summed E-state index contributed by atoms with van der Waals surface area (Å²) in [6.45, 7) is 2.43. The zero-order valence-corrected chi connectivity index (χ0v) is 10.9. The van der Waals surface area contributed by atoms with Crippen LogP contribution in [0.15, 0.2) is 30.3 Å². The SMILES string of the molecule is Cc1cc(OCCO)c2ccccc2c1OCCO. The van der Waals surface area contributed by atoms with Gasteiger partial charge in [0.05, 0.1) is 13.2 Å². The van der Waals surface area contributed by atoms with Crippen molar-refractivity contribution in [2.45, 2.75) is 6.92 Å². The van der Waals surface area contributed by atoms with Gasteiger partial charge in [-0.2, -0.15) is 0 Å². The van der Waals surface area contributed by atoms with Gasteiger partial charge in [0.15, 0.2) is 0 Å². The molecule has 2 rings (SSSR count).